The highest BCUT2D eigenvalue weighted by Crippen LogP contribution is 2.41. The maximum Gasteiger partial charge on any atom is 0.136 e. The van der Waals surface area contributed by atoms with Crippen LogP contribution in [0.25, 0.3) is 77.2 Å². The van der Waals surface area contributed by atoms with Crippen LogP contribution < -0.4 is 4.90 Å². The van der Waals surface area contributed by atoms with Crippen molar-refractivity contribution in [2.45, 2.75) is 0 Å². The topological polar surface area (TPSA) is 16.4 Å². The van der Waals surface area contributed by atoms with Gasteiger partial charge in [-0.25, -0.2) is 0 Å². The molecule has 0 aliphatic heterocycles. The van der Waals surface area contributed by atoms with E-state index in [-0.39, 0.29) is 0 Å². The van der Waals surface area contributed by atoms with Gasteiger partial charge in [0.2, 0.25) is 0 Å². The predicted molar refractivity (Wildman–Crippen MR) is 228 cm³/mol. The molecule has 1 heterocycles. The van der Waals surface area contributed by atoms with E-state index < -0.39 is 0 Å². The van der Waals surface area contributed by atoms with E-state index in [9.17, 15) is 0 Å². The third kappa shape index (κ3) is 5.81. The third-order valence-electron chi connectivity index (χ3n) is 10.5. The van der Waals surface area contributed by atoms with Gasteiger partial charge >= 0.3 is 0 Å². The number of anilines is 3. The number of nitrogens with zero attached hydrogens (tertiary/aromatic N) is 1. The lowest BCUT2D eigenvalue weighted by Crippen LogP contribution is -2.10. The van der Waals surface area contributed by atoms with E-state index in [4.69, 9.17) is 4.42 Å². The number of hydrogen-bond donors (Lipinski definition) is 0. The summed E-state index contributed by atoms with van der Waals surface area (Å²) in [5, 5.41) is 4.76. The van der Waals surface area contributed by atoms with Crippen molar-refractivity contribution in [3.8, 4) is 44.5 Å². The van der Waals surface area contributed by atoms with E-state index in [1.165, 1.54) is 44.2 Å². The summed E-state index contributed by atoms with van der Waals surface area (Å²) in [5.74, 6) is 0. The van der Waals surface area contributed by atoms with Crippen molar-refractivity contribution < 1.29 is 4.42 Å². The minimum Gasteiger partial charge on any atom is -0.456 e. The second-order valence-corrected chi connectivity index (χ2v) is 13.8. The molecule has 2 heteroatoms. The summed E-state index contributed by atoms with van der Waals surface area (Å²) in [6.07, 6.45) is 0. The number of furan rings is 1. The average molecular weight is 690 g/mol. The first-order valence-electron chi connectivity index (χ1n) is 18.4. The molecule has 0 amide bonds. The largest absolute Gasteiger partial charge is 0.456 e. The highest BCUT2D eigenvalue weighted by atomic mass is 16.3. The highest BCUT2D eigenvalue weighted by molar-refractivity contribution is 6.12. The first kappa shape index (κ1) is 31.6. The summed E-state index contributed by atoms with van der Waals surface area (Å²) in [4.78, 5) is 2.35. The zero-order chi connectivity index (χ0) is 35.8. The fourth-order valence-electron chi connectivity index (χ4n) is 7.74. The Kier molecular flexibility index (Phi) is 7.85. The van der Waals surface area contributed by atoms with Gasteiger partial charge in [0.1, 0.15) is 11.2 Å². The lowest BCUT2D eigenvalue weighted by atomic mass is 9.98. The molecule has 0 atom stereocenters. The second kappa shape index (κ2) is 13.4. The van der Waals surface area contributed by atoms with Crippen LogP contribution in [0.3, 0.4) is 0 Å². The molecular weight excluding hydrogens is 655 g/mol. The van der Waals surface area contributed by atoms with Crippen LogP contribution in [0.4, 0.5) is 17.1 Å². The van der Waals surface area contributed by atoms with E-state index in [0.717, 1.165) is 50.1 Å². The summed E-state index contributed by atoms with van der Waals surface area (Å²) in [6.45, 7) is 0. The van der Waals surface area contributed by atoms with Gasteiger partial charge in [-0.2, -0.15) is 0 Å². The summed E-state index contributed by atoms with van der Waals surface area (Å²) >= 11 is 0. The molecule has 0 N–H and O–H groups in total. The minimum atomic E-state index is 0.896. The van der Waals surface area contributed by atoms with Crippen LogP contribution in [0.2, 0.25) is 0 Å². The van der Waals surface area contributed by atoms with Gasteiger partial charge in [0, 0.05) is 27.8 Å². The zero-order valence-corrected chi connectivity index (χ0v) is 29.6. The molecule has 54 heavy (non-hydrogen) atoms. The third-order valence-corrected chi connectivity index (χ3v) is 10.5. The van der Waals surface area contributed by atoms with E-state index in [1.807, 2.05) is 12.1 Å². The Morgan fingerprint density at radius 2 is 0.815 bits per heavy atom. The first-order valence-corrected chi connectivity index (χ1v) is 18.4. The molecule has 0 bridgehead atoms. The zero-order valence-electron chi connectivity index (χ0n) is 29.6. The van der Waals surface area contributed by atoms with Crippen molar-refractivity contribution in [1.82, 2.24) is 0 Å². The van der Waals surface area contributed by atoms with E-state index >= 15 is 0 Å². The molecular formula is C52H35NO. The van der Waals surface area contributed by atoms with Crippen LogP contribution in [0.5, 0.6) is 0 Å². The quantitative estimate of drug-likeness (QED) is 0.166. The first-order chi connectivity index (χ1) is 26.7. The Morgan fingerprint density at radius 1 is 0.296 bits per heavy atom. The molecule has 0 fully saturated rings. The Balaban J connectivity index is 1.05. The van der Waals surface area contributed by atoms with Crippen LogP contribution in [0.15, 0.2) is 217 Å². The molecule has 10 rings (SSSR count). The Hall–Kier alpha value is -7.16. The SMILES string of the molecule is c1ccc(-c2ccc(-c3ccc(N(c4ccc(-c5ccc6ccccc6c5)cc4)c4cccc(-c5cccc6oc7ccccc7c56)c4)cc3)cc2)cc1. The van der Waals surface area contributed by atoms with Crippen molar-refractivity contribution >= 4 is 49.8 Å². The second-order valence-electron chi connectivity index (χ2n) is 13.8. The standard InChI is InChI=1S/C52H35NO/c1-2-10-36(11-3-1)38-20-22-39(23-21-38)40-26-30-45(31-27-40)53(46-32-28-41(29-33-46)43-25-24-37-12-4-5-13-42(37)34-43)47-15-8-14-44(35-47)48-17-9-19-51-52(48)49-16-6-7-18-50(49)54-51/h1-35H. The van der Waals surface area contributed by atoms with Gasteiger partial charge in [-0.1, -0.05) is 158 Å². The van der Waals surface area contributed by atoms with Crippen LogP contribution in [0, 0.1) is 0 Å². The Bertz CT molecular complexity index is 2900. The molecule has 0 unspecified atom stereocenters. The summed E-state index contributed by atoms with van der Waals surface area (Å²) in [5.41, 5.74) is 14.5. The number of para-hydroxylation sites is 1. The summed E-state index contributed by atoms with van der Waals surface area (Å²) < 4.78 is 6.27. The van der Waals surface area contributed by atoms with Crippen molar-refractivity contribution in [2.75, 3.05) is 4.90 Å². The molecule has 0 saturated carbocycles. The van der Waals surface area contributed by atoms with Gasteiger partial charge in [0.15, 0.2) is 0 Å². The molecule has 0 saturated heterocycles. The molecule has 0 aliphatic carbocycles. The molecule has 2 nitrogen and oxygen atoms in total. The lowest BCUT2D eigenvalue weighted by molar-refractivity contribution is 0.669. The van der Waals surface area contributed by atoms with Crippen LogP contribution >= 0.6 is 0 Å². The number of rotatable bonds is 7. The smallest absolute Gasteiger partial charge is 0.136 e. The molecule has 9 aromatic carbocycles. The molecule has 10 aromatic rings. The van der Waals surface area contributed by atoms with Gasteiger partial charge in [-0.3, -0.25) is 0 Å². The number of fused-ring (bicyclic) bond motifs is 4. The van der Waals surface area contributed by atoms with E-state index in [2.05, 4.69) is 205 Å². The maximum atomic E-state index is 6.27. The average Bonchev–Trinajstić information content (AvgIpc) is 3.64. The molecule has 0 aliphatic rings. The lowest BCUT2D eigenvalue weighted by Gasteiger charge is -2.26. The Morgan fingerprint density at radius 3 is 1.54 bits per heavy atom. The van der Waals surface area contributed by atoms with Gasteiger partial charge in [0.05, 0.1) is 0 Å². The minimum absolute atomic E-state index is 0.896. The molecule has 0 spiro atoms. The van der Waals surface area contributed by atoms with Crippen molar-refractivity contribution in [1.29, 1.82) is 0 Å². The predicted octanol–water partition coefficient (Wildman–Crippen LogP) is 14.9. The van der Waals surface area contributed by atoms with E-state index in [0.29, 0.717) is 0 Å². The molecule has 0 radical (unpaired) electrons. The van der Waals surface area contributed by atoms with Crippen molar-refractivity contribution in [2.24, 2.45) is 0 Å². The number of benzene rings is 9. The maximum absolute atomic E-state index is 6.27. The van der Waals surface area contributed by atoms with Crippen LogP contribution in [-0.2, 0) is 0 Å². The number of hydrogen-bond acceptors (Lipinski definition) is 2. The van der Waals surface area contributed by atoms with Crippen molar-refractivity contribution in [3.63, 3.8) is 0 Å². The Labute approximate surface area is 314 Å². The summed E-state index contributed by atoms with van der Waals surface area (Å²) in [7, 11) is 0. The van der Waals surface area contributed by atoms with Gasteiger partial charge < -0.3 is 9.32 Å². The fourth-order valence-corrected chi connectivity index (χ4v) is 7.74. The normalized spacial score (nSPS) is 11.3. The van der Waals surface area contributed by atoms with Gasteiger partial charge in [0.25, 0.3) is 0 Å². The molecule has 254 valence electrons. The highest BCUT2D eigenvalue weighted by Gasteiger charge is 2.17. The molecule has 1 aromatic heterocycles. The van der Waals surface area contributed by atoms with E-state index in [1.54, 1.807) is 0 Å². The van der Waals surface area contributed by atoms with Crippen LogP contribution in [0.1, 0.15) is 0 Å². The van der Waals surface area contributed by atoms with Crippen molar-refractivity contribution in [3.05, 3.63) is 212 Å². The van der Waals surface area contributed by atoms with Crippen LogP contribution in [-0.4, -0.2) is 0 Å². The fraction of sp³-hybridized carbons (Fsp3) is 0. The van der Waals surface area contributed by atoms with Gasteiger partial charge in [-0.15, -0.1) is 0 Å². The van der Waals surface area contributed by atoms with Gasteiger partial charge in [-0.05, 0) is 110 Å². The summed E-state index contributed by atoms with van der Waals surface area (Å²) in [6, 6.07) is 75.9. The monoisotopic (exact) mass is 689 g/mol.